The van der Waals surface area contributed by atoms with Gasteiger partial charge in [0.15, 0.2) is 0 Å². The van der Waals surface area contributed by atoms with Crippen molar-refractivity contribution in [3.63, 3.8) is 0 Å². The zero-order valence-electron chi connectivity index (χ0n) is 18.4. The molecule has 2 amide bonds. The number of amides is 2. The van der Waals surface area contributed by atoms with Gasteiger partial charge in [0.25, 0.3) is 0 Å². The highest BCUT2D eigenvalue weighted by Gasteiger charge is 2.28. The predicted octanol–water partition coefficient (Wildman–Crippen LogP) is 3.85. The van der Waals surface area contributed by atoms with Crippen molar-refractivity contribution in [2.24, 2.45) is 0 Å². The maximum atomic E-state index is 13.3. The van der Waals surface area contributed by atoms with Crippen LogP contribution in [0.4, 0.5) is 11.4 Å². The molecule has 1 aliphatic rings. The van der Waals surface area contributed by atoms with Gasteiger partial charge in [-0.15, -0.1) is 0 Å². The van der Waals surface area contributed by atoms with Crippen molar-refractivity contribution in [3.05, 3.63) is 89.0 Å². The van der Waals surface area contributed by atoms with Crippen molar-refractivity contribution in [2.45, 2.75) is 37.6 Å². The Morgan fingerprint density at radius 1 is 0.970 bits per heavy atom. The molecular formula is C25H25N3O4S. The number of benzene rings is 3. The lowest BCUT2D eigenvalue weighted by Crippen LogP contribution is -2.37. The smallest absolute Gasteiger partial charge is 0.247 e. The van der Waals surface area contributed by atoms with Gasteiger partial charge in [0.2, 0.25) is 21.8 Å². The minimum Gasteiger partial charge on any atom is -0.326 e. The molecule has 33 heavy (non-hydrogen) atoms. The number of rotatable bonds is 6. The highest BCUT2D eigenvalue weighted by atomic mass is 32.2. The van der Waals surface area contributed by atoms with Crippen LogP contribution in [0.1, 0.15) is 34.7 Å². The third kappa shape index (κ3) is 5.13. The van der Waals surface area contributed by atoms with Crippen LogP contribution in [0.3, 0.4) is 0 Å². The van der Waals surface area contributed by atoms with Crippen molar-refractivity contribution in [2.75, 3.05) is 10.6 Å². The molecule has 0 saturated carbocycles. The number of sulfonamides is 1. The van der Waals surface area contributed by atoms with E-state index in [9.17, 15) is 18.0 Å². The summed E-state index contributed by atoms with van der Waals surface area (Å²) in [6.07, 6.45) is 0.759. The number of carbonyl (C=O) groups excluding carboxylic acids is 2. The maximum absolute atomic E-state index is 13.3. The molecule has 1 heterocycles. The van der Waals surface area contributed by atoms with Gasteiger partial charge in [0, 0.05) is 17.8 Å². The zero-order chi connectivity index (χ0) is 23.6. The van der Waals surface area contributed by atoms with Crippen molar-refractivity contribution < 1.29 is 18.0 Å². The van der Waals surface area contributed by atoms with Crippen LogP contribution >= 0.6 is 0 Å². The largest absolute Gasteiger partial charge is 0.326 e. The molecule has 0 radical (unpaired) electrons. The van der Waals surface area contributed by atoms with E-state index in [-0.39, 0.29) is 10.8 Å². The van der Waals surface area contributed by atoms with E-state index in [0.29, 0.717) is 29.8 Å². The number of nitrogens with one attached hydrogen (secondary N) is 3. The summed E-state index contributed by atoms with van der Waals surface area (Å²) < 4.78 is 29.1. The average Bonchev–Trinajstić information content (AvgIpc) is 2.80. The summed E-state index contributed by atoms with van der Waals surface area (Å²) >= 11 is 0. The van der Waals surface area contributed by atoms with Gasteiger partial charge in [0.05, 0.1) is 4.90 Å². The minimum atomic E-state index is -4.03. The van der Waals surface area contributed by atoms with Crippen molar-refractivity contribution in [3.8, 4) is 0 Å². The Kier molecular flexibility index (Phi) is 6.31. The second-order valence-corrected chi connectivity index (χ2v) is 9.85. The fraction of sp³-hybridized carbons (Fsp3) is 0.200. The number of hydrogen-bond acceptors (Lipinski definition) is 4. The molecule has 8 heteroatoms. The molecule has 3 N–H and O–H groups in total. The summed E-state index contributed by atoms with van der Waals surface area (Å²) in [4.78, 5) is 24.9. The lowest BCUT2D eigenvalue weighted by molar-refractivity contribution is -0.118. The molecule has 0 aromatic heterocycles. The number of aryl methyl sites for hydroxylation is 3. The van der Waals surface area contributed by atoms with Crippen LogP contribution in [0, 0.1) is 13.8 Å². The highest BCUT2D eigenvalue weighted by Crippen LogP contribution is 2.27. The molecule has 0 unspecified atom stereocenters. The lowest BCUT2D eigenvalue weighted by Gasteiger charge is -2.21. The Labute approximate surface area is 193 Å². The molecule has 4 rings (SSSR count). The third-order valence-electron chi connectivity index (χ3n) is 5.60. The lowest BCUT2D eigenvalue weighted by atomic mass is 10.0. The van der Waals surface area contributed by atoms with E-state index in [1.165, 1.54) is 6.07 Å². The molecule has 0 fully saturated rings. The first-order valence-corrected chi connectivity index (χ1v) is 12.1. The van der Waals surface area contributed by atoms with Crippen LogP contribution in [-0.4, -0.2) is 20.2 Å². The molecule has 0 bridgehead atoms. The van der Waals surface area contributed by atoms with Crippen LogP contribution in [0.15, 0.2) is 71.6 Å². The molecule has 3 aromatic rings. The Morgan fingerprint density at radius 2 is 1.73 bits per heavy atom. The summed E-state index contributed by atoms with van der Waals surface area (Å²) in [5.74, 6) is -0.577. The summed E-state index contributed by atoms with van der Waals surface area (Å²) in [6.45, 7) is 3.80. The monoisotopic (exact) mass is 463 g/mol. The highest BCUT2D eigenvalue weighted by molar-refractivity contribution is 7.89. The summed E-state index contributed by atoms with van der Waals surface area (Å²) in [6, 6.07) is 17.8. The van der Waals surface area contributed by atoms with E-state index in [4.69, 9.17) is 0 Å². The van der Waals surface area contributed by atoms with Crippen LogP contribution < -0.4 is 15.4 Å². The Hall–Kier alpha value is -3.49. The Bertz CT molecular complexity index is 1320. The number of carbonyl (C=O) groups is 2. The first-order chi connectivity index (χ1) is 15.7. The summed E-state index contributed by atoms with van der Waals surface area (Å²) in [5.41, 5.74) is 4.36. The van der Waals surface area contributed by atoms with Crippen LogP contribution in [-0.2, 0) is 26.0 Å². The van der Waals surface area contributed by atoms with Crippen LogP contribution in [0.5, 0.6) is 0 Å². The Morgan fingerprint density at radius 3 is 2.48 bits per heavy atom. The Balaban J connectivity index is 1.65. The first kappa shape index (κ1) is 22.7. The van der Waals surface area contributed by atoms with Gasteiger partial charge in [-0.25, -0.2) is 8.42 Å². The normalized spacial score (nSPS) is 14.2. The average molecular weight is 464 g/mol. The molecule has 1 atom stereocenters. The standard InChI is InChI=1S/C25H25N3O4S/c1-16-8-9-17(2)22(14-16)27-25(30)24(18-6-4-3-5-7-18)28-33(31,32)20-11-12-21-19(15-20)10-13-23(29)26-21/h3-9,11-12,14-15,24,28H,10,13H2,1-2H3,(H,26,29)(H,27,30)/t24-/m0/s1. The fourth-order valence-electron chi connectivity index (χ4n) is 3.74. The van der Waals surface area contributed by atoms with Gasteiger partial charge >= 0.3 is 0 Å². The van der Waals surface area contributed by atoms with E-state index in [1.54, 1.807) is 42.5 Å². The summed E-state index contributed by atoms with van der Waals surface area (Å²) in [5, 5.41) is 5.61. The van der Waals surface area contributed by atoms with Crippen molar-refractivity contribution in [1.82, 2.24) is 4.72 Å². The number of anilines is 2. The van der Waals surface area contributed by atoms with Gasteiger partial charge in [-0.3, -0.25) is 9.59 Å². The van der Waals surface area contributed by atoms with E-state index in [1.807, 2.05) is 32.0 Å². The van der Waals surface area contributed by atoms with Crippen LogP contribution in [0.2, 0.25) is 0 Å². The molecule has 0 aliphatic carbocycles. The molecule has 0 spiro atoms. The quantitative estimate of drug-likeness (QED) is 0.516. The predicted molar refractivity (Wildman–Crippen MR) is 127 cm³/mol. The van der Waals surface area contributed by atoms with Gasteiger partial charge < -0.3 is 10.6 Å². The maximum Gasteiger partial charge on any atom is 0.247 e. The van der Waals surface area contributed by atoms with Gasteiger partial charge in [0.1, 0.15) is 6.04 Å². The number of fused-ring (bicyclic) bond motifs is 1. The number of hydrogen-bond donors (Lipinski definition) is 3. The first-order valence-electron chi connectivity index (χ1n) is 10.6. The topological polar surface area (TPSA) is 104 Å². The fourth-order valence-corrected chi connectivity index (χ4v) is 4.98. The van der Waals surface area contributed by atoms with E-state index in [2.05, 4.69) is 15.4 Å². The molecule has 170 valence electrons. The van der Waals surface area contributed by atoms with Crippen LogP contribution in [0.25, 0.3) is 0 Å². The SMILES string of the molecule is Cc1ccc(C)c(NC(=O)[C@@H](NS(=O)(=O)c2ccc3c(c2)CCC(=O)N3)c2ccccc2)c1. The second kappa shape index (κ2) is 9.17. The van der Waals surface area contributed by atoms with Gasteiger partial charge in [-0.2, -0.15) is 4.72 Å². The third-order valence-corrected chi connectivity index (χ3v) is 7.02. The molecule has 7 nitrogen and oxygen atoms in total. The molecular weight excluding hydrogens is 438 g/mol. The van der Waals surface area contributed by atoms with Gasteiger partial charge in [-0.05, 0) is 66.8 Å². The molecule has 0 saturated heterocycles. The molecule has 1 aliphatic heterocycles. The molecule has 3 aromatic carbocycles. The van der Waals surface area contributed by atoms with E-state index >= 15 is 0 Å². The van der Waals surface area contributed by atoms with E-state index in [0.717, 1.165) is 16.7 Å². The van der Waals surface area contributed by atoms with Crippen molar-refractivity contribution in [1.29, 1.82) is 0 Å². The second-order valence-electron chi connectivity index (χ2n) is 8.14. The summed E-state index contributed by atoms with van der Waals surface area (Å²) in [7, 11) is -4.03. The van der Waals surface area contributed by atoms with Crippen molar-refractivity contribution >= 4 is 33.2 Å². The van der Waals surface area contributed by atoms with Gasteiger partial charge in [-0.1, -0.05) is 42.5 Å². The zero-order valence-corrected chi connectivity index (χ0v) is 19.2. The van der Waals surface area contributed by atoms with E-state index < -0.39 is 22.0 Å². The minimum absolute atomic E-state index is 0.0397.